The lowest BCUT2D eigenvalue weighted by Gasteiger charge is -2.13. The van der Waals surface area contributed by atoms with E-state index in [0.29, 0.717) is 39.4 Å². The number of aryl methyl sites for hydroxylation is 2. The first kappa shape index (κ1) is 31.3. The molecule has 0 saturated carbocycles. The highest BCUT2D eigenvalue weighted by Crippen LogP contribution is 2.38. The Labute approximate surface area is 264 Å². The van der Waals surface area contributed by atoms with Gasteiger partial charge in [-0.25, -0.2) is 4.79 Å². The molecule has 2 amide bonds. The number of methoxy groups -OCH3 is 1. The molecule has 1 aliphatic rings. The van der Waals surface area contributed by atoms with Crippen molar-refractivity contribution in [3.8, 4) is 5.75 Å². The first-order valence-corrected chi connectivity index (χ1v) is 16.4. The molecule has 230 valence electrons. The van der Waals surface area contributed by atoms with Crippen molar-refractivity contribution in [2.75, 3.05) is 24.8 Å². The lowest BCUT2D eigenvalue weighted by atomic mass is 9.95. The van der Waals surface area contributed by atoms with Gasteiger partial charge in [-0.3, -0.25) is 9.59 Å². The maximum atomic E-state index is 13.2. The van der Waals surface area contributed by atoms with E-state index in [2.05, 4.69) is 33.0 Å². The van der Waals surface area contributed by atoms with Crippen molar-refractivity contribution in [2.24, 2.45) is 0 Å². The monoisotopic (exact) mass is 633 g/mol. The fourth-order valence-corrected chi connectivity index (χ4v) is 7.20. The van der Waals surface area contributed by atoms with Crippen molar-refractivity contribution in [2.45, 2.75) is 57.3 Å². The largest absolute Gasteiger partial charge is 0.496 e. The van der Waals surface area contributed by atoms with Crippen molar-refractivity contribution in [3.05, 3.63) is 87.6 Å². The lowest BCUT2D eigenvalue weighted by molar-refractivity contribution is -0.113. The van der Waals surface area contributed by atoms with E-state index in [1.807, 2.05) is 22.8 Å². The standard InChI is InChI=1S/C32H35N5O5S2/c1-3-42-31(40)28-23-14-8-10-16-25(23)44-30(28)34-27(38)20-43-32-36-35-26(37(32)18-17-21-11-5-4-6-12-21)19-33-29(39)22-13-7-9-15-24(22)41-2/h4-7,9,11-13,15H,3,8,10,14,16-20H2,1-2H3,(H,33,39)(H,34,38). The number of hydrogen-bond donors (Lipinski definition) is 2. The summed E-state index contributed by atoms with van der Waals surface area (Å²) < 4.78 is 12.6. The number of nitrogens with one attached hydrogen (secondary N) is 2. The third-order valence-corrected chi connectivity index (χ3v) is 9.43. The summed E-state index contributed by atoms with van der Waals surface area (Å²) in [4.78, 5) is 40.0. The van der Waals surface area contributed by atoms with Crippen LogP contribution >= 0.6 is 23.1 Å². The van der Waals surface area contributed by atoms with Gasteiger partial charge in [0.25, 0.3) is 5.91 Å². The first-order chi connectivity index (χ1) is 21.5. The van der Waals surface area contributed by atoms with Crippen molar-refractivity contribution in [3.63, 3.8) is 0 Å². The molecule has 0 fully saturated rings. The zero-order valence-corrected chi connectivity index (χ0v) is 26.4. The van der Waals surface area contributed by atoms with Crippen LogP contribution in [0.4, 0.5) is 5.00 Å². The number of anilines is 1. The molecular formula is C32H35N5O5S2. The Kier molecular flexibility index (Phi) is 10.7. The van der Waals surface area contributed by atoms with Crippen LogP contribution in [-0.2, 0) is 41.9 Å². The third-order valence-electron chi connectivity index (χ3n) is 7.26. The SMILES string of the molecule is CCOC(=O)c1c(NC(=O)CSc2nnc(CNC(=O)c3ccccc3OC)n2CCc2ccccc2)sc2c1CCCC2. The fraction of sp³-hybridized carbons (Fsp3) is 0.344. The predicted octanol–water partition coefficient (Wildman–Crippen LogP) is 5.31. The molecule has 2 aromatic carbocycles. The van der Waals surface area contributed by atoms with Crippen LogP contribution in [0, 0.1) is 0 Å². The number of rotatable bonds is 13. The molecule has 5 rings (SSSR count). The molecule has 0 radical (unpaired) electrons. The molecule has 0 unspecified atom stereocenters. The summed E-state index contributed by atoms with van der Waals surface area (Å²) in [6.45, 7) is 2.76. The van der Waals surface area contributed by atoms with Crippen molar-refractivity contribution < 1.29 is 23.9 Å². The number of carbonyl (C=O) groups is 3. The highest BCUT2D eigenvalue weighted by Gasteiger charge is 2.27. The number of thioether (sulfide) groups is 1. The molecule has 44 heavy (non-hydrogen) atoms. The Morgan fingerprint density at radius 2 is 1.80 bits per heavy atom. The molecular weight excluding hydrogens is 599 g/mol. The second kappa shape index (κ2) is 15.0. The maximum Gasteiger partial charge on any atom is 0.341 e. The summed E-state index contributed by atoms with van der Waals surface area (Å²) in [5.41, 5.74) is 3.06. The zero-order valence-electron chi connectivity index (χ0n) is 24.8. The Morgan fingerprint density at radius 3 is 2.59 bits per heavy atom. The molecule has 0 atom stereocenters. The second-order valence-electron chi connectivity index (χ2n) is 10.1. The van der Waals surface area contributed by atoms with Gasteiger partial charge in [0.15, 0.2) is 11.0 Å². The normalized spacial score (nSPS) is 12.3. The molecule has 0 aliphatic heterocycles. The Balaban J connectivity index is 1.29. The number of benzene rings is 2. The minimum Gasteiger partial charge on any atom is -0.496 e. The van der Waals surface area contributed by atoms with E-state index in [0.717, 1.165) is 48.1 Å². The van der Waals surface area contributed by atoms with Gasteiger partial charge in [-0.2, -0.15) is 0 Å². The van der Waals surface area contributed by atoms with Gasteiger partial charge in [-0.15, -0.1) is 21.5 Å². The van der Waals surface area contributed by atoms with Gasteiger partial charge < -0.3 is 24.7 Å². The lowest BCUT2D eigenvalue weighted by Crippen LogP contribution is -2.25. The van der Waals surface area contributed by atoms with Gasteiger partial charge in [-0.1, -0.05) is 54.2 Å². The van der Waals surface area contributed by atoms with E-state index in [4.69, 9.17) is 9.47 Å². The Morgan fingerprint density at radius 1 is 1.02 bits per heavy atom. The van der Waals surface area contributed by atoms with Gasteiger partial charge in [-0.05, 0) is 62.3 Å². The van der Waals surface area contributed by atoms with Gasteiger partial charge in [0, 0.05) is 11.4 Å². The number of ether oxygens (including phenoxy) is 2. The molecule has 0 spiro atoms. The number of aromatic nitrogens is 3. The van der Waals surface area contributed by atoms with E-state index >= 15 is 0 Å². The molecule has 4 aromatic rings. The van der Waals surface area contributed by atoms with Gasteiger partial charge in [0.2, 0.25) is 5.91 Å². The topological polar surface area (TPSA) is 124 Å². The summed E-state index contributed by atoms with van der Waals surface area (Å²) >= 11 is 2.72. The van der Waals surface area contributed by atoms with E-state index in [1.54, 1.807) is 31.2 Å². The van der Waals surface area contributed by atoms with Crippen LogP contribution < -0.4 is 15.4 Å². The average Bonchev–Trinajstić information content (AvgIpc) is 3.62. The molecule has 2 heterocycles. The molecule has 1 aliphatic carbocycles. The Hall–Kier alpha value is -4.16. The van der Waals surface area contributed by atoms with E-state index in [9.17, 15) is 14.4 Å². The van der Waals surface area contributed by atoms with Crippen LogP contribution in [0.25, 0.3) is 0 Å². The fourth-order valence-electron chi connectivity index (χ4n) is 5.12. The van der Waals surface area contributed by atoms with Crippen LogP contribution in [0.5, 0.6) is 5.75 Å². The highest BCUT2D eigenvalue weighted by atomic mass is 32.2. The average molecular weight is 634 g/mol. The van der Waals surface area contributed by atoms with E-state index in [-0.39, 0.29) is 30.7 Å². The molecule has 12 heteroatoms. The van der Waals surface area contributed by atoms with Gasteiger partial charge in [0.1, 0.15) is 10.8 Å². The number of hydrogen-bond acceptors (Lipinski definition) is 9. The third kappa shape index (κ3) is 7.48. The van der Waals surface area contributed by atoms with Crippen LogP contribution in [0.15, 0.2) is 59.8 Å². The number of para-hydroxylation sites is 1. The van der Waals surface area contributed by atoms with Crippen molar-refractivity contribution >= 4 is 45.9 Å². The number of thiophene rings is 1. The van der Waals surface area contributed by atoms with Crippen LogP contribution in [0.3, 0.4) is 0 Å². The number of amides is 2. The van der Waals surface area contributed by atoms with Gasteiger partial charge in [0.05, 0.1) is 37.1 Å². The maximum absolute atomic E-state index is 13.2. The second-order valence-corrected chi connectivity index (χ2v) is 12.2. The first-order valence-electron chi connectivity index (χ1n) is 14.6. The molecule has 0 bridgehead atoms. The molecule has 10 nitrogen and oxygen atoms in total. The number of fused-ring (bicyclic) bond motifs is 1. The molecule has 0 saturated heterocycles. The minimum absolute atomic E-state index is 0.0713. The highest BCUT2D eigenvalue weighted by molar-refractivity contribution is 7.99. The summed E-state index contributed by atoms with van der Waals surface area (Å²) in [5, 5.41) is 15.7. The number of esters is 1. The number of carbonyl (C=O) groups excluding carboxylic acids is 3. The van der Waals surface area contributed by atoms with E-state index in [1.165, 1.54) is 30.2 Å². The summed E-state index contributed by atoms with van der Waals surface area (Å²) in [6, 6.07) is 17.1. The summed E-state index contributed by atoms with van der Waals surface area (Å²) in [6.07, 6.45) is 4.51. The van der Waals surface area contributed by atoms with Gasteiger partial charge >= 0.3 is 5.97 Å². The summed E-state index contributed by atoms with van der Waals surface area (Å²) in [7, 11) is 1.52. The quantitative estimate of drug-likeness (QED) is 0.150. The predicted molar refractivity (Wildman–Crippen MR) is 171 cm³/mol. The van der Waals surface area contributed by atoms with Crippen LogP contribution in [0.2, 0.25) is 0 Å². The van der Waals surface area contributed by atoms with Crippen molar-refractivity contribution in [1.82, 2.24) is 20.1 Å². The molecule has 2 aromatic heterocycles. The Bertz CT molecular complexity index is 1620. The van der Waals surface area contributed by atoms with Crippen LogP contribution in [0.1, 0.15) is 62.3 Å². The minimum atomic E-state index is -0.393. The molecule has 2 N–H and O–H groups in total. The van der Waals surface area contributed by atoms with E-state index < -0.39 is 5.97 Å². The summed E-state index contributed by atoms with van der Waals surface area (Å²) in [5.74, 6) is 0.197. The zero-order chi connectivity index (χ0) is 30.9. The van der Waals surface area contributed by atoms with Crippen molar-refractivity contribution in [1.29, 1.82) is 0 Å². The van der Waals surface area contributed by atoms with Crippen LogP contribution in [-0.4, -0.2) is 52.0 Å². The number of nitrogens with zero attached hydrogens (tertiary/aromatic N) is 3. The smallest absolute Gasteiger partial charge is 0.341 e.